The van der Waals surface area contributed by atoms with Crippen molar-refractivity contribution < 1.29 is 19.0 Å². The van der Waals surface area contributed by atoms with Crippen molar-refractivity contribution in [2.45, 2.75) is 20.1 Å². The van der Waals surface area contributed by atoms with Crippen LogP contribution in [-0.2, 0) is 13.2 Å². The highest BCUT2D eigenvalue weighted by Crippen LogP contribution is 2.23. The topological polar surface area (TPSA) is 77.2 Å². The van der Waals surface area contributed by atoms with E-state index in [1.54, 1.807) is 4.68 Å². The van der Waals surface area contributed by atoms with Gasteiger partial charge in [0, 0.05) is 6.54 Å². The number of ether oxygens (including phenoxy) is 1. The second-order valence-electron chi connectivity index (χ2n) is 3.70. The molecule has 6 nitrogen and oxygen atoms in total. The minimum Gasteiger partial charge on any atom is -0.482 e. The maximum absolute atomic E-state index is 13.6. The first kappa shape index (κ1) is 13.0. The molecule has 0 amide bonds. The molecule has 2 aromatic rings. The summed E-state index contributed by atoms with van der Waals surface area (Å²) >= 11 is 0. The van der Waals surface area contributed by atoms with Gasteiger partial charge in [0.15, 0.2) is 17.4 Å². The molecule has 100 valence electrons. The van der Waals surface area contributed by atoms with Crippen molar-refractivity contribution in [2.75, 3.05) is 0 Å². The van der Waals surface area contributed by atoms with E-state index >= 15 is 0 Å². The average Bonchev–Trinajstić information content (AvgIpc) is 2.84. The number of carbonyl (C=O) groups is 1. The number of halogens is 1. The van der Waals surface area contributed by atoms with Crippen LogP contribution in [0.3, 0.4) is 0 Å². The van der Waals surface area contributed by atoms with E-state index in [0.29, 0.717) is 12.4 Å². The summed E-state index contributed by atoms with van der Waals surface area (Å²) in [5.41, 5.74) is -0.220. The number of rotatable bonds is 5. The number of benzene rings is 1. The van der Waals surface area contributed by atoms with Crippen molar-refractivity contribution >= 4 is 5.97 Å². The summed E-state index contributed by atoms with van der Waals surface area (Å²) in [4.78, 5) is 14.9. The van der Waals surface area contributed by atoms with Crippen LogP contribution in [0.2, 0.25) is 0 Å². The van der Waals surface area contributed by atoms with Crippen LogP contribution < -0.4 is 4.74 Å². The fourth-order valence-corrected chi connectivity index (χ4v) is 1.62. The SMILES string of the molecule is CCn1ncnc1COc1c(F)cccc1C(=O)O. The monoisotopic (exact) mass is 265 g/mol. The maximum atomic E-state index is 13.6. The van der Waals surface area contributed by atoms with E-state index in [1.165, 1.54) is 18.5 Å². The van der Waals surface area contributed by atoms with Crippen molar-refractivity contribution in [3.63, 3.8) is 0 Å². The molecule has 19 heavy (non-hydrogen) atoms. The molecular weight excluding hydrogens is 253 g/mol. The number of aromatic carboxylic acids is 1. The first-order valence-electron chi connectivity index (χ1n) is 5.64. The molecular formula is C12H12FN3O3. The molecule has 2 rings (SSSR count). The third-order valence-electron chi connectivity index (χ3n) is 2.54. The standard InChI is InChI=1S/C12H12FN3O3/c1-2-16-10(14-7-15-16)6-19-11-8(12(17)18)4-3-5-9(11)13/h3-5,7H,2,6H2,1H3,(H,17,18). The lowest BCUT2D eigenvalue weighted by atomic mass is 10.2. The number of hydrogen-bond acceptors (Lipinski definition) is 4. The normalized spacial score (nSPS) is 10.4. The molecule has 0 radical (unpaired) electrons. The van der Waals surface area contributed by atoms with E-state index in [1.807, 2.05) is 6.92 Å². The van der Waals surface area contributed by atoms with E-state index in [-0.39, 0.29) is 17.9 Å². The predicted octanol–water partition coefficient (Wildman–Crippen LogP) is 1.71. The van der Waals surface area contributed by atoms with E-state index in [9.17, 15) is 9.18 Å². The lowest BCUT2D eigenvalue weighted by Gasteiger charge is -2.10. The quantitative estimate of drug-likeness (QED) is 0.890. The molecule has 0 atom stereocenters. The molecule has 7 heteroatoms. The Balaban J connectivity index is 2.22. The van der Waals surface area contributed by atoms with E-state index in [0.717, 1.165) is 6.07 Å². The van der Waals surface area contributed by atoms with Gasteiger partial charge in [-0.1, -0.05) is 6.07 Å². The molecule has 0 saturated heterocycles. The van der Waals surface area contributed by atoms with Crippen LogP contribution in [0.5, 0.6) is 5.75 Å². The molecule has 0 saturated carbocycles. The summed E-state index contributed by atoms with van der Waals surface area (Å²) in [7, 11) is 0. The summed E-state index contributed by atoms with van der Waals surface area (Å²) in [6.45, 7) is 2.43. The highest BCUT2D eigenvalue weighted by atomic mass is 19.1. The second-order valence-corrected chi connectivity index (χ2v) is 3.70. The van der Waals surface area contributed by atoms with Gasteiger partial charge in [0.05, 0.1) is 0 Å². The zero-order valence-corrected chi connectivity index (χ0v) is 10.2. The molecule has 0 bridgehead atoms. The van der Waals surface area contributed by atoms with Gasteiger partial charge in [-0.05, 0) is 19.1 Å². The molecule has 0 unspecified atom stereocenters. The molecule has 0 aliphatic heterocycles. The second kappa shape index (κ2) is 5.47. The molecule has 1 N–H and O–H groups in total. The zero-order chi connectivity index (χ0) is 13.8. The van der Waals surface area contributed by atoms with Crippen LogP contribution in [0.15, 0.2) is 24.5 Å². The first-order chi connectivity index (χ1) is 9.13. The van der Waals surface area contributed by atoms with Gasteiger partial charge in [-0.2, -0.15) is 5.10 Å². The third kappa shape index (κ3) is 2.70. The summed E-state index contributed by atoms with van der Waals surface area (Å²) in [6, 6.07) is 3.75. The summed E-state index contributed by atoms with van der Waals surface area (Å²) in [5.74, 6) is -1.75. The number of nitrogens with zero attached hydrogens (tertiary/aromatic N) is 3. The van der Waals surface area contributed by atoms with E-state index in [4.69, 9.17) is 9.84 Å². The molecule has 0 aliphatic carbocycles. The van der Waals surface area contributed by atoms with Crippen LogP contribution >= 0.6 is 0 Å². The van der Waals surface area contributed by atoms with Gasteiger partial charge in [0.1, 0.15) is 18.5 Å². The zero-order valence-electron chi connectivity index (χ0n) is 10.2. The van der Waals surface area contributed by atoms with Crippen molar-refractivity contribution in [3.05, 3.63) is 41.7 Å². The number of carboxylic acids is 1. The summed E-state index contributed by atoms with van der Waals surface area (Å²) < 4.78 is 20.4. The Labute approximate surface area is 108 Å². The number of aryl methyl sites for hydroxylation is 1. The Morgan fingerprint density at radius 3 is 3.00 bits per heavy atom. The van der Waals surface area contributed by atoms with Gasteiger partial charge in [-0.25, -0.2) is 18.9 Å². The molecule has 1 aromatic carbocycles. The van der Waals surface area contributed by atoms with Gasteiger partial charge in [-0.15, -0.1) is 0 Å². The van der Waals surface area contributed by atoms with Gasteiger partial charge >= 0.3 is 5.97 Å². The van der Waals surface area contributed by atoms with Crippen LogP contribution in [0.4, 0.5) is 4.39 Å². The molecule has 0 spiro atoms. The van der Waals surface area contributed by atoms with E-state index in [2.05, 4.69) is 10.1 Å². The van der Waals surface area contributed by atoms with Crippen molar-refractivity contribution in [3.8, 4) is 5.75 Å². The fourth-order valence-electron chi connectivity index (χ4n) is 1.62. The minimum atomic E-state index is -1.24. The van der Waals surface area contributed by atoms with Gasteiger partial charge < -0.3 is 9.84 Å². The van der Waals surface area contributed by atoms with Gasteiger partial charge in [-0.3, -0.25) is 0 Å². The number of carboxylic acid groups (broad SMARTS) is 1. The van der Waals surface area contributed by atoms with Crippen LogP contribution in [0, 0.1) is 5.82 Å². The molecule has 0 aliphatic rings. The van der Waals surface area contributed by atoms with E-state index < -0.39 is 11.8 Å². The Bertz CT molecular complexity index is 598. The Morgan fingerprint density at radius 2 is 2.32 bits per heavy atom. The average molecular weight is 265 g/mol. The Morgan fingerprint density at radius 1 is 1.53 bits per heavy atom. The third-order valence-corrected chi connectivity index (χ3v) is 2.54. The predicted molar refractivity (Wildman–Crippen MR) is 63.4 cm³/mol. The largest absolute Gasteiger partial charge is 0.482 e. The van der Waals surface area contributed by atoms with Crippen LogP contribution in [0.25, 0.3) is 0 Å². The van der Waals surface area contributed by atoms with Crippen molar-refractivity contribution in [2.24, 2.45) is 0 Å². The first-order valence-corrected chi connectivity index (χ1v) is 5.64. The highest BCUT2D eigenvalue weighted by Gasteiger charge is 2.16. The number of para-hydroxylation sites is 1. The van der Waals surface area contributed by atoms with Crippen molar-refractivity contribution in [1.29, 1.82) is 0 Å². The maximum Gasteiger partial charge on any atom is 0.339 e. The highest BCUT2D eigenvalue weighted by molar-refractivity contribution is 5.90. The van der Waals surface area contributed by atoms with Crippen LogP contribution in [-0.4, -0.2) is 25.8 Å². The smallest absolute Gasteiger partial charge is 0.339 e. The lowest BCUT2D eigenvalue weighted by molar-refractivity contribution is 0.0690. The molecule has 1 heterocycles. The fraction of sp³-hybridized carbons (Fsp3) is 0.250. The molecule has 1 aromatic heterocycles. The van der Waals surface area contributed by atoms with Gasteiger partial charge in [0.2, 0.25) is 0 Å². The molecule has 0 fully saturated rings. The minimum absolute atomic E-state index is 0.0466. The van der Waals surface area contributed by atoms with Crippen molar-refractivity contribution in [1.82, 2.24) is 14.8 Å². The summed E-state index contributed by atoms with van der Waals surface area (Å²) in [5, 5.41) is 12.9. The van der Waals surface area contributed by atoms with Crippen LogP contribution in [0.1, 0.15) is 23.1 Å². The van der Waals surface area contributed by atoms with Gasteiger partial charge in [0.25, 0.3) is 0 Å². The Hall–Kier alpha value is -2.44. The summed E-state index contributed by atoms with van der Waals surface area (Å²) in [6.07, 6.45) is 1.36. The lowest BCUT2D eigenvalue weighted by Crippen LogP contribution is -2.10. The Kier molecular flexibility index (Phi) is 3.74. The number of aromatic nitrogens is 3. The number of hydrogen-bond donors (Lipinski definition) is 1.